The van der Waals surface area contributed by atoms with Crippen molar-refractivity contribution in [1.29, 1.82) is 0 Å². The maximum atomic E-state index is 12.7. The maximum Gasteiger partial charge on any atom is 0.422 e. The first kappa shape index (κ1) is 12.8. The molecule has 0 bridgehead atoms. The number of alkyl halides is 3. The number of hydrogen-bond donors (Lipinski definition) is 3. The number of hydrogen-bond acceptors (Lipinski definition) is 4. The Balaban J connectivity index is 3.45. The first-order valence-corrected chi connectivity index (χ1v) is 4.44. The van der Waals surface area contributed by atoms with Crippen LogP contribution in [0.3, 0.4) is 0 Å². The monoisotopic (exact) mass is 238 g/mol. The summed E-state index contributed by atoms with van der Waals surface area (Å²) >= 11 is 0. The van der Waals surface area contributed by atoms with Gasteiger partial charge < -0.3 is 16.6 Å². The van der Waals surface area contributed by atoms with Crippen LogP contribution in [0.15, 0.2) is 0 Å². The molecule has 16 heavy (non-hydrogen) atoms. The van der Waals surface area contributed by atoms with Crippen LogP contribution in [-0.4, -0.2) is 27.6 Å². The third-order valence-electron chi connectivity index (χ3n) is 2.44. The fourth-order valence-corrected chi connectivity index (χ4v) is 1.55. The molecule has 1 atom stereocenters. The number of aromatic nitrogens is 2. The molecule has 0 aromatic carbocycles. The molecule has 5 nitrogen and oxygen atoms in total. The topological polar surface area (TPSA) is 90.1 Å². The summed E-state index contributed by atoms with van der Waals surface area (Å²) in [6, 6.07) is 0. The van der Waals surface area contributed by atoms with E-state index in [-0.39, 0.29) is 11.5 Å². The number of anilines is 1. The summed E-state index contributed by atoms with van der Waals surface area (Å²) in [6.07, 6.45) is -4.90. The summed E-state index contributed by atoms with van der Waals surface area (Å²) < 4.78 is 39.3. The van der Waals surface area contributed by atoms with Crippen LogP contribution in [-0.2, 0) is 12.6 Å². The Morgan fingerprint density at radius 3 is 2.19 bits per heavy atom. The van der Waals surface area contributed by atoms with Gasteiger partial charge in [-0.05, 0) is 6.92 Å². The zero-order valence-electron chi connectivity index (χ0n) is 8.84. The van der Waals surface area contributed by atoms with Crippen LogP contribution in [0, 0.1) is 6.92 Å². The van der Waals surface area contributed by atoms with E-state index in [0.29, 0.717) is 0 Å². The number of rotatable bonds is 2. The van der Waals surface area contributed by atoms with Gasteiger partial charge in [0.2, 0.25) is 5.60 Å². The van der Waals surface area contributed by atoms with Crippen molar-refractivity contribution in [3.63, 3.8) is 0 Å². The molecule has 0 radical (unpaired) electrons. The van der Waals surface area contributed by atoms with Crippen molar-refractivity contribution in [3.8, 4) is 0 Å². The van der Waals surface area contributed by atoms with E-state index in [1.807, 2.05) is 0 Å². The van der Waals surface area contributed by atoms with E-state index in [2.05, 4.69) is 5.10 Å². The van der Waals surface area contributed by atoms with Crippen molar-refractivity contribution in [2.45, 2.75) is 18.7 Å². The average Bonchev–Trinajstić information content (AvgIpc) is 2.39. The van der Waals surface area contributed by atoms with E-state index < -0.39 is 23.9 Å². The van der Waals surface area contributed by atoms with Gasteiger partial charge in [0.05, 0.1) is 11.3 Å². The lowest BCUT2D eigenvalue weighted by Gasteiger charge is -2.29. The zero-order chi connectivity index (χ0) is 12.7. The van der Waals surface area contributed by atoms with Crippen molar-refractivity contribution in [2.75, 3.05) is 12.3 Å². The fraction of sp³-hybridized carbons (Fsp3) is 0.625. The van der Waals surface area contributed by atoms with Gasteiger partial charge in [0.1, 0.15) is 5.82 Å². The molecule has 1 heterocycles. The van der Waals surface area contributed by atoms with E-state index >= 15 is 0 Å². The smallest absolute Gasteiger partial charge is 0.384 e. The van der Waals surface area contributed by atoms with E-state index in [1.165, 1.54) is 14.0 Å². The van der Waals surface area contributed by atoms with E-state index in [0.717, 1.165) is 4.68 Å². The molecular formula is C8H13F3N4O. The molecule has 5 N–H and O–H groups in total. The molecule has 0 aliphatic rings. The number of nitrogens with zero attached hydrogens (tertiary/aromatic N) is 2. The lowest BCUT2D eigenvalue weighted by Crippen LogP contribution is -2.49. The highest BCUT2D eigenvalue weighted by molar-refractivity contribution is 5.48. The fourth-order valence-electron chi connectivity index (χ4n) is 1.55. The number of aryl methyl sites for hydroxylation is 2. The van der Waals surface area contributed by atoms with Gasteiger partial charge in [-0.25, -0.2) is 0 Å². The second kappa shape index (κ2) is 3.63. The SMILES string of the molecule is Cc1nn(C)c(N)c1C(O)(CN)C(F)(F)F. The Morgan fingerprint density at radius 2 is 1.94 bits per heavy atom. The van der Waals surface area contributed by atoms with Gasteiger partial charge in [-0.3, -0.25) is 4.68 Å². The third-order valence-corrected chi connectivity index (χ3v) is 2.44. The van der Waals surface area contributed by atoms with Crippen molar-refractivity contribution in [3.05, 3.63) is 11.3 Å². The Hall–Kier alpha value is -1.28. The van der Waals surface area contributed by atoms with Gasteiger partial charge >= 0.3 is 6.18 Å². The Labute approximate surface area is 89.8 Å². The van der Waals surface area contributed by atoms with E-state index in [1.54, 1.807) is 0 Å². The lowest BCUT2D eigenvalue weighted by atomic mass is 9.93. The Kier molecular flexibility index (Phi) is 2.90. The van der Waals surface area contributed by atoms with Crippen LogP contribution >= 0.6 is 0 Å². The van der Waals surface area contributed by atoms with Gasteiger partial charge in [-0.1, -0.05) is 0 Å². The summed E-state index contributed by atoms with van der Waals surface area (Å²) in [5.41, 5.74) is 6.82. The molecule has 0 fully saturated rings. The highest BCUT2D eigenvalue weighted by Gasteiger charge is 2.56. The van der Waals surface area contributed by atoms with Crippen LogP contribution < -0.4 is 11.5 Å². The predicted molar refractivity (Wildman–Crippen MR) is 51.4 cm³/mol. The average molecular weight is 238 g/mol. The second-order valence-electron chi connectivity index (χ2n) is 3.53. The summed E-state index contributed by atoms with van der Waals surface area (Å²) in [7, 11) is 1.39. The van der Waals surface area contributed by atoms with Gasteiger partial charge in [0, 0.05) is 13.6 Å². The van der Waals surface area contributed by atoms with Crippen molar-refractivity contribution in [2.24, 2.45) is 12.8 Å². The number of aliphatic hydroxyl groups is 1. The van der Waals surface area contributed by atoms with Crippen LogP contribution in [0.5, 0.6) is 0 Å². The van der Waals surface area contributed by atoms with E-state index in [9.17, 15) is 18.3 Å². The quantitative estimate of drug-likeness (QED) is 0.677. The normalized spacial score (nSPS) is 16.2. The van der Waals surface area contributed by atoms with Crippen LogP contribution in [0.4, 0.5) is 19.0 Å². The molecule has 0 spiro atoms. The predicted octanol–water partition coefficient (Wildman–Crippen LogP) is 0.0193. The molecule has 0 saturated heterocycles. The number of halogens is 3. The van der Waals surface area contributed by atoms with Gasteiger partial charge in [0.25, 0.3) is 0 Å². The molecule has 1 unspecified atom stereocenters. The minimum absolute atomic E-state index is 0.00488. The minimum atomic E-state index is -4.90. The van der Waals surface area contributed by atoms with Crippen LogP contribution in [0.1, 0.15) is 11.3 Å². The first-order chi connectivity index (χ1) is 7.15. The molecule has 1 aromatic heterocycles. The number of nitrogens with two attached hydrogens (primary N) is 2. The van der Waals surface area contributed by atoms with Gasteiger partial charge in [-0.2, -0.15) is 18.3 Å². The van der Waals surface area contributed by atoms with Crippen molar-refractivity contribution in [1.82, 2.24) is 9.78 Å². The highest BCUT2D eigenvalue weighted by Crippen LogP contribution is 2.41. The van der Waals surface area contributed by atoms with Gasteiger partial charge in [0.15, 0.2) is 0 Å². The highest BCUT2D eigenvalue weighted by atomic mass is 19.4. The molecule has 92 valence electrons. The molecule has 0 aliphatic carbocycles. The molecule has 8 heteroatoms. The van der Waals surface area contributed by atoms with Crippen molar-refractivity contribution >= 4 is 5.82 Å². The molecular weight excluding hydrogens is 225 g/mol. The lowest BCUT2D eigenvalue weighted by molar-refractivity contribution is -0.262. The van der Waals surface area contributed by atoms with E-state index in [4.69, 9.17) is 11.5 Å². The minimum Gasteiger partial charge on any atom is -0.384 e. The second-order valence-corrected chi connectivity index (χ2v) is 3.53. The molecule has 0 amide bonds. The summed E-state index contributed by atoms with van der Waals surface area (Å²) in [5.74, 6) is -0.247. The largest absolute Gasteiger partial charge is 0.422 e. The Bertz CT molecular complexity index is 401. The zero-order valence-corrected chi connectivity index (χ0v) is 8.84. The third kappa shape index (κ3) is 1.63. The molecule has 1 aromatic rings. The number of nitrogen functional groups attached to an aromatic ring is 1. The molecule has 0 saturated carbocycles. The van der Waals surface area contributed by atoms with Crippen molar-refractivity contribution < 1.29 is 18.3 Å². The van der Waals surface area contributed by atoms with Gasteiger partial charge in [-0.15, -0.1) is 0 Å². The molecule has 0 aliphatic heterocycles. The van der Waals surface area contributed by atoms with Crippen LogP contribution in [0.25, 0.3) is 0 Å². The first-order valence-electron chi connectivity index (χ1n) is 4.44. The maximum absolute atomic E-state index is 12.7. The summed E-state index contributed by atoms with van der Waals surface area (Å²) in [5, 5.41) is 13.3. The summed E-state index contributed by atoms with van der Waals surface area (Å²) in [4.78, 5) is 0. The summed E-state index contributed by atoms with van der Waals surface area (Å²) in [6.45, 7) is 0.325. The van der Waals surface area contributed by atoms with Crippen LogP contribution in [0.2, 0.25) is 0 Å². The standard InChI is InChI=1S/C8H13F3N4O/c1-4-5(6(13)15(2)14-4)7(16,3-12)8(9,10)11/h16H,3,12-13H2,1-2H3. The molecule has 1 rings (SSSR count). The Morgan fingerprint density at radius 1 is 1.44 bits per heavy atom.